The maximum atomic E-state index is 10.9. The van der Waals surface area contributed by atoms with E-state index in [1.54, 1.807) is 6.07 Å². The minimum Gasteiger partial charge on any atom is -0.449 e. The fourth-order valence-electron chi connectivity index (χ4n) is 0.876. The van der Waals surface area contributed by atoms with Gasteiger partial charge >= 0.3 is 7.48 Å². The van der Waals surface area contributed by atoms with Crippen LogP contribution in [-0.2, 0) is 10.0 Å². The largest absolute Gasteiger partial charge is 0.449 e. The zero-order valence-corrected chi connectivity index (χ0v) is 8.97. The summed E-state index contributed by atoms with van der Waals surface area (Å²) < 4.78 is 22.4. The van der Waals surface area contributed by atoms with Crippen molar-refractivity contribution in [2.75, 3.05) is 0 Å². The summed E-state index contributed by atoms with van der Waals surface area (Å²) in [5.41, 5.74) is 0.499. The lowest BCUT2D eigenvalue weighted by atomic mass is 9.89. The van der Waals surface area contributed by atoms with E-state index >= 15 is 0 Å². The van der Waals surface area contributed by atoms with Crippen molar-refractivity contribution in [2.45, 2.75) is 4.90 Å². The van der Waals surface area contributed by atoms with Crippen LogP contribution >= 0.6 is 15.9 Å². The normalized spacial score (nSPS) is 11.3. The number of primary sulfonamides is 1. The van der Waals surface area contributed by atoms with Crippen LogP contribution < -0.4 is 10.6 Å². The molecule has 0 unspecified atom stereocenters. The maximum absolute atomic E-state index is 10.9. The topological polar surface area (TPSA) is 80.4 Å². The third kappa shape index (κ3) is 2.80. The lowest BCUT2D eigenvalue weighted by molar-refractivity contribution is 0.598. The summed E-state index contributed by atoms with van der Waals surface area (Å²) in [6.45, 7) is 0. The molecule has 0 radical (unpaired) electrons. The Morgan fingerprint density at radius 1 is 1.38 bits per heavy atom. The van der Waals surface area contributed by atoms with Crippen molar-refractivity contribution in [3.63, 3.8) is 0 Å². The molecule has 0 aliphatic heterocycles. The zero-order valence-electron chi connectivity index (χ0n) is 6.57. The molecule has 0 spiro atoms. The Balaban J connectivity index is 3.33. The first-order valence-electron chi connectivity index (χ1n) is 3.36. The predicted molar refractivity (Wildman–Crippen MR) is 54.5 cm³/mol. The van der Waals surface area contributed by atoms with Gasteiger partial charge in [0.05, 0.1) is 4.90 Å². The van der Waals surface area contributed by atoms with Crippen LogP contribution in [-0.4, -0.2) is 20.9 Å². The Labute approximate surface area is 85.2 Å². The van der Waals surface area contributed by atoms with E-state index in [9.17, 15) is 8.42 Å². The molecule has 1 aromatic carbocycles. The van der Waals surface area contributed by atoms with E-state index in [0.29, 0.717) is 9.94 Å². The van der Waals surface area contributed by atoms with Crippen molar-refractivity contribution in [1.82, 2.24) is 0 Å². The Kier molecular flexibility index (Phi) is 3.12. The van der Waals surface area contributed by atoms with Gasteiger partial charge in [-0.05, 0) is 12.1 Å². The smallest absolute Gasteiger partial charge is 0.304 e. The number of rotatable bonds is 2. The zero-order chi connectivity index (χ0) is 10.1. The minimum atomic E-state index is -3.70. The van der Waals surface area contributed by atoms with E-state index in [2.05, 4.69) is 15.9 Å². The fraction of sp³-hybridized carbons (Fsp3) is 0. The molecule has 3 N–H and O–H groups in total. The first kappa shape index (κ1) is 10.7. The average Bonchev–Trinajstić information content (AvgIpc) is 2.01. The molecule has 0 atom stereocenters. The van der Waals surface area contributed by atoms with Crippen molar-refractivity contribution in [2.24, 2.45) is 5.14 Å². The van der Waals surface area contributed by atoms with Crippen LogP contribution in [0, 0.1) is 0 Å². The summed E-state index contributed by atoms with van der Waals surface area (Å²) in [6, 6.07) is 4.34. The quantitative estimate of drug-likeness (QED) is 0.677. The monoisotopic (exact) mass is 263 g/mol. The van der Waals surface area contributed by atoms with Crippen LogP contribution in [0.15, 0.2) is 27.6 Å². The molecule has 13 heavy (non-hydrogen) atoms. The number of nitrogens with two attached hydrogens (primary N) is 1. The molecule has 70 valence electrons. The third-order valence-electron chi connectivity index (χ3n) is 1.44. The van der Waals surface area contributed by atoms with Crippen molar-refractivity contribution >= 4 is 38.9 Å². The first-order valence-corrected chi connectivity index (χ1v) is 5.70. The van der Waals surface area contributed by atoms with Crippen molar-refractivity contribution in [3.05, 3.63) is 22.7 Å². The van der Waals surface area contributed by atoms with E-state index in [-0.39, 0.29) is 12.4 Å². The molecular weight excluding hydrogens is 257 g/mol. The average molecular weight is 264 g/mol. The SMILES string of the molecule is NS(=O)(=O)c1cc(Br)cc(BO)c1. The van der Waals surface area contributed by atoms with Gasteiger partial charge in [-0.3, -0.25) is 0 Å². The fourth-order valence-corrected chi connectivity index (χ4v) is 2.18. The van der Waals surface area contributed by atoms with Gasteiger partial charge in [-0.1, -0.05) is 27.5 Å². The van der Waals surface area contributed by atoms with Crippen molar-refractivity contribution < 1.29 is 13.4 Å². The molecule has 7 heteroatoms. The molecule has 0 saturated carbocycles. The highest BCUT2D eigenvalue weighted by atomic mass is 79.9. The molecular formula is C6H7BBrNO3S. The van der Waals surface area contributed by atoms with Gasteiger partial charge in [0.15, 0.2) is 0 Å². The van der Waals surface area contributed by atoms with Crippen molar-refractivity contribution in [1.29, 1.82) is 0 Å². The van der Waals surface area contributed by atoms with Gasteiger partial charge in [0, 0.05) is 4.47 Å². The summed E-state index contributed by atoms with van der Waals surface area (Å²) in [5, 5.41) is 13.7. The molecule has 0 aromatic heterocycles. The Morgan fingerprint density at radius 3 is 2.46 bits per heavy atom. The van der Waals surface area contributed by atoms with Gasteiger partial charge < -0.3 is 5.02 Å². The highest BCUT2D eigenvalue weighted by Crippen LogP contribution is 2.13. The highest BCUT2D eigenvalue weighted by molar-refractivity contribution is 9.10. The lowest BCUT2D eigenvalue weighted by Gasteiger charge is -2.01. The molecule has 0 aliphatic rings. The molecule has 0 amide bonds. The van der Waals surface area contributed by atoms with Crippen LogP contribution in [0.4, 0.5) is 0 Å². The van der Waals surface area contributed by atoms with Gasteiger partial charge in [0.25, 0.3) is 0 Å². The Bertz CT molecular complexity index is 420. The second kappa shape index (κ2) is 3.79. The molecule has 1 rings (SSSR count). The predicted octanol–water partition coefficient (Wildman–Crippen LogP) is -0.934. The minimum absolute atomic E-state index is 0.00840. The molecule has 1 aromatic rings. The second-order valence-corrected chi connectivity index (χ2v) is 4.98. The second-order valence-electron chi connectivity index (χ2n) is 2.50. The van der Waals surface area contributed by atoms with Crippen LogP contribution in [0.1, 0.15) is 0 Å². The summed E-state index contributed by atoms with van der Waals surface area (Å²) in [4.78, 5) is -0.00840. The van der Waals surface area contributed by atoms with Gasteiger partial charge in [-0.15, -0.1) is 0 Å². The number of hydrogen-bond acceptors (Lipinski definition) is 3. The van der Waals surface area contributed by atoms with Gasteiger partial charge in [-0.2, -0.15) is 0 Å². The summed E-state index contributed by atoms with van der Waals surface area (Å²) in [6.07, 6.45) is 0. The molecule has 4 nitrogen and oxygen atoms in total. The van der Waals surface area contributed by atoms with Gasteiger partial charge in [-0.25, -0.2) is 13.6 Å². The summed E-state index contributed by atoms with van der Waals surface area (Å²) >= 11 is 3.12. The van der Waals surface area contributed by atoms with Crippen LogP contribution in [0.5, 0.6) is 0 Å². The van der Waals surface area contributed by atoms with Crippen molar-refractivity contribution in [3.8, 4) is 0 Å². The highest BCUT2D eigenvalue weighted by Gasteiger charge is 2.09. The maximum Gasteiger partial charge on any atom is 0.304 e. The number of sulfonamides is 1. The molecule has 0 fully saturated rings. The molecule has 0 heterocycles. The number of hydrogen-bond donors (Lipinski definition) is 2. The van der Waals surface area contributed by atoms with Crippen LogP contribution in [0.2, 0.25) is 0 Å². The summed E-state index contributed by atoms with van der Waals surface area (Å²) in [5.74, 6) is 0. The van der Waals surface area contributed by atoms with Gasteiger partial charge in [0.2, 0.25) is 10.0 Å². The third-order valence-corrected chi connectivity index (χ3v) is 2.79. The Hall–Kier alpha value is -0.365. The molecule has 0 saturated heterocycles. The standard InChI is InChI=1S/C6H7BBrNO3S/c8-5-1-4(7-10)2-6(3-5)13(9,11)12/h1-3,7,10H,(H2,9,11,12). The van der Waals surface area contributed by atoms with Crippen LogP contribution in [0.3, 0.4) is 0 Å². The molecule has 0 bridgehead atoms. The van der Waals surface area contributed by atoms with Crippen LogP contribution in [0.25, 0.3) is 0 Å². The van der Waals surface area contributed by atoms with E-state index in [1.807, 2.05) is 0 Å². The Morgan fingerprint density at radius 2 is 2.00 bits per heavy atom. The van der Waals surface area contributed by atoms with Gasteiger partial charge in [0.1, 0.15) is 0 Å². The first-order chi connectivity index (χ1) is 5.93. The van der Waals surface area contributed by atoms with E-state index in [1.165, 1.54) is 12.1 Å². The van der Waals surface area contributed by atoms with E-state index < -0.39 is 10.0 Å². The number of halogens is 1. The number of benzene rings is 1. The molecule has 0 aliphatic carbocycles. The summed E-state index contributed by atoms with van der Waals surface area (Å²) in [7, 11) is -3.92. The van der Waals surface area contributed by atoms with E-state index in [4.69, 9.17) is 10.2 Å². The lowest BCUT2D eigenvalue weighted by Crippen LogP contribution is -2.19. The van der Waals surface area contributed by atoms with E-state index in [0.717, 1.165) is 0 Å².